The summed E-state index contributed by atoms with van der Waals surface area (Å²) in [5.74, 6) is 0. The summed E-state index contributed by atoms with van der Waals surface area (Å²) >= 11 is 1.50. The standard InChI is InChI=1S/C14H27N3O2S2/c1-5-8-17(10-9-16(3)4)21(18,19)14-7-11-20-13(14)12-15-6-2/h7,11,15H,5-6,8-10,12H2,1-4H3. The average molecular weight is 334 g/mol. The van der Waals surface area contributed by atoms with Gasteiger partial charge in [0.25, 0.3) is 0 Å². The van der Waals surface area contributed by atoms with E-state index in [-0.39, 0.29) is 0 Å². The monoisotopic (exact) mass is 333 g/mol. The molecule has 0 bridgehead atoms. The Morgan fingerprint density at radius 1 is 1.19 bits per heavy atom. The summed E-state index contributed by atoms with van der Waals surface area (Å²) in [6.45, 7) is 7.28. The molecule has 0 aromatic carbocycles. The van der Waals surface area contributed by atoms with Gasteiger partial charge in [-0.3, -0.25) is 0 Å². The van der Waals surface area contributed by atoms with E-state index in [0.29, 0.717) is 24.5 Å². The molecule has 0 aliphatic rings. The fourth-order valence-corrected chi connectivity index (χ4v) is 4.89. The highest BCUT2D eigenvalue weighted by Gasteiger charge is 2.26. The van der Waals surface area contributed by atoms with E-state index < -0.39 is 10.0 Å². The third-order valence-electron chi connectivity index (χ3n) is 3.13. The zero-order valence-electron chi connectivity index (χ0n) is 13.4. The number of nitrogens with one attached hydrogen (secondary N) is 1. The lowest BCUT2D eigenvalue weighted by Crippen LogP contribution is -2.37. The van der Waals surface area contributed by atoms with Crippen LogP contribution in [0.25, 0.3) is 0 Å². The first-order chi connectivity index (χ1) is 9.93. The van der Waals surface area contributed by atoms with Gasteiger partial charge in [-0.15, -0.1) is 11.3 Å². The van der Waals surface area contributed by atoms with Crippen LogP contribution < -0.4 is 5.32 Å². The van der Waals surface area contributed by atoms with E-state index in [1.165, 1.54) is 11.3 Å². The highest BCUT2D eigenvalue weighted by Crippen LogP contribution is 2.25. The summed E-state index contributed by atoms with van der Waals surface area (Å²) in [4.78, 5) is 3.36. The SMILES string of the molecule is CCCN(CCN(C)C)S(=O)(=O)c1ccsc1CNCC. The van der Waals surface area contributed by atoms with E-state index >= 15 is 0 Å². The second-order valence-electron chi connectivity index (χ2n) is 5.20. The van der Waals surface area contributed by atoms with Gasteiger partial charge in [-0.25, -0.2) is 8.42 Å². The summed E-state index contributed by atoms with van der Waals surface area (Å²) in [6.07, 6.45) is 0.819. The number of hydrogen-bond acceptors (Lipinski definition) is 5. The van der Waals surface area contributed by atoms with Crippen LogP contribution in [0, 0.1) is 0 Å². The van der Waals surface area contributed by atoms with Crippen molar-refractivity contribution < 1.29 is 8.42 Å². The van der Waals surface area contributed by atoms with Crippen LogP contribution in [0.3, 0.4) is 0 Å². The molecule has 0 amide bonds. The van der Waals surface area contributed by atoms with Gasteiger partial charge >= 0.3 is 0 Å². The van der Waals surface area contributed by atoms with Crippen LogP contribution in [-0.4, -0.2) is 57.9 Å². The van der Waals surface area contributed by atoms with Gasteiger partial charge in [0.15, 0.2) is 0 Å². The number of thiophene rings is 1. The van der Waals surface area contributed by atoms with Crippen LogP contribution >= 0.6 is 11.3 Å². The second kappa shape index (κ2) is 8.85. The highest BCUT2D eigenvalue weighted by molar-refractivity contribution is 7.89. The molecule has 0 spiro atoms. The van der Waals surface area contributed by atoms with E-state index in [4.69, 9.17) is 0 Å². The minimum Gasteiger partial charge on any atom is -0.312 e. The Kier molecular flexibility index (Phi) is 7.83. The molecule has 122 valence electrons. The van der Waals surface area contributed by atoms with E-state index in [1.807, 2.05) is 38.2 Å². The third-order valence-corrected chi connectivity index (χ3v) is 6.16. The zero-order chi connectivity index (χ0) is 15.9. The fourth-order valence-electron chi connectivity index (χ4n) is 1.98. The van der Waals surface area contributed by atoms with E-state index in [9.17, 15) is 8.42 Å². The lowest BCUT2D eigenvalue weighted by Gasteiger charge is -2.23. The Bertz CT molecular complexity index is 512. The van der Waals surface area contributed by atoms with Crippen LogP contribution in [0.4, 0.5) is 0 Å². The number of hydrogen-bond donors (Lipinski definition) is 1. The number of sulfonamides is 1. The van der Waals surface area contributed by atoms with Gasteiger partial charge in [0.05, 0.1) is 4.90 Å². The van der Waals surface area contributed by atoms with Crippen molar-refractivity contribution in [2.45, 2.75) is 31.7 Å². The molecule has 1 heterocycles. The zero-order valence-corrected chi connectivity index (χ0v) is 15.1. The van der Waals surface area contributed by atoms with Crippen LogP contribution in [-0.2, 0) is 16.6 Å². The Hall–Kier alpha value is -0.470. The average Bonchev–Trinajstić information content (AvgIpc) is 2.89. The Morgan fingerprint density at radius 2 is 1.90 bits per heavy atom. The summed E-state index contributed by atoms with van der Waals surface area (Å²) in [5.41, 5.74) is 0. The van der Waals surface area contributed by atoms with Crippen molar-refractivity contribution in [2.75, 3.05) is 40.3 Å². The van der Waals surface area contributed by atoms with Gasteiger partial charge in [-0.1, -0.05) is 13.8 Å². The topological polar surface area (TPSA) is 52.7 Å². The highest BCUT2D eigenvalue weighted by atomic mass is 32.2. The molecule has 0 radical (unpaired) electrons. The summed E-state index contributed by atoms with van der Waals surface area (Å²) < 4.78 is 27.3. The Labute approximate surface area is 133 Å². The predicted molar refractivity (Wildman–Crippen MR) is 89.3 cm³/mol. The maximum Gasteiger partial charge on any atom is 0.244 e. The van der Waals surface area contributed by atoms with Gasteiger partial charge in [0.2, 0.25) is 10.0 Å². The molecule has 0 fully saturated rings. The van der Waals surface area contributed by atoms with E-state index in [0.717, 1.165) is 24.4 Å². The first kappa shape index (κ1) is 18.6. The van der Waals surface area contributed by atoms with Crippen LogP contribution in [0.15, 0.2) is 16.3 Å². The number of likely N-dealkylation sites (N-methyl/N-ethyl adjacent to an activating group) is 1. The van der Waals surface area contributed by atoms with Crippen molar-refractivity contribution in [3.8, 4) is 0 Å². The van der Waals surface area contributed by atoms with Crippen LogP contribution in [0.1, 0.15) is 25.1 Å². The van der Waals surface area contributed by atoms with Crippen LogP contribution in [0.2, 0.25) is 0 Å². The largest absolute Gasteiger partial charge is 0.312 e. The van der Waals surface area contributed by atoms with Crippen LogP contribution in [0.5, 0.6) is 0 Å². The van der Waals surface area contributed by atoms with Gasteiger partial charge in [-0.05, 0) is 38.5 Å². The first-order valence-corrected chi connectivity index (χ1v) is 9.67. The maximum absolute atomic E-state index is 12.9. The fraction of sp³-hybridized carbons (Fsp3) is 0.714. The molecule has 0 unspecified atom stereocenters. The second-order valence-corrected chi connectivity index (χ2v) is 8.10. The van der Waals surface area contributed by atoms with E-state index in [2.05, 4.69) is 5.32 Å². The molecule has 0 saturated heterocycles. The maximum atomic E-state index is 12.9. The quantitative estimate of drug-likeness (QED) is 0.710. The van der Waals surface area contributed by atoms with Crippen molar-refractivity contribution in [3.05, 3.63) is 16.3 Å². The minimum atomic E-state index is -3.40. The summed E-state index contributed by atoms with van der Waals surface area (Å²) in [7, 11) is 0.513. The van der Waals surface area contributed by atoms with Crippen molar-refractivity contribution in [1.82, 2.24) is 14.5 Å². The first-order valence-electron chi connectivity index (χ1n) is 7.35. The molecule has 1 N–H and O–H groups in total. The van der Waals surface area contributed by atoms with Gasteiger partial charge < -0.3 is 10.2 Å². The Balaban J connectivity index is 2.96. The molecule has 0 atom stereocenters. The van der Waals surface area contributed by atoms with Gasteiger partial charge in [-0.2, -0.15) is 4.31 Å². The molecule has 7 heteroatoms. The predicted octanol–water partition coefficient (Wildman–Crippen LogP) is 1.82. The Morgan fingerprint density at radius 3 is 2.48 bits per heavy atom. The van der Waals surface area contributed by atoms with E-state index in [1.54, 1.807) is 10.4 Å². The lowest BCUT2D eigenvalue weighted by molar-refractivity contribution is 0.333. The van der Waals surface area contributed by atoms with Crippen molar-refractivity contribution >= 4 is 21.4 Å². The molecule has 1 aromatic heterocycles. The summed E-state index contributed by atoms with van der Waals surface area (Å²) in [6, 6.07) is 1.73. The number of rotatable bonds is 10. The smallest absolute Gasteiger partial charge is 0.244 e. The van der Waals surface area contributed by atoms with Crippen molar-refractivity contribution in [3.63, 3.8) is 0 Å². The molecule has 1 rings (SSSR count). The molecule has 0 aliphatic carbocycles. The molecule has 1 aromatic rings. The lowest BCUT2D eigenvalue weighted by atomic mass is 10.4. The molecule has 0 aliphatic heterocycles. The molecule has 21 heavy (non-hydrogen) atoms. The van der Waals surface area contributed by atoms with Gasteiger partial charge in [0, 0.05) is 31.1 Å². The molecular weight excluding hydrogens is 306 g/mol. The number of nitrogens with zero attached hydrogens (tertiary/aromatic N) is 2. The van der Waals surface area contributed by atoms with Gasteiger partial charge in [0.1, 0.15) is 0 Å². The minimum absolute atomic E-state index is 0.459. The molecular formula is C14H27N3O2S2. The van der Waals surface area contributed by atoms with Crippen molar-refractivity contribution in [1.29, 1.82) is 0 Å². The third kappa shape index (κ3) is 5.34. The molecule has 5 nitrogen and oxygen atoms in total. The van der Waals surface area contributed by atoms with Crippen molar-refractivity contribution in [2.24, 2.45) is 0 Å². The normalized spacial score (nSPS) is 12.5. The summed E-state index contributed by atoms with van der Waals surface area (Å²) in [5, 5.41) is 5.06. The molecule has 0 saturated carbocycles.